The van der Waals surface area contributed by atoms with Crippen LogP contribution in [-0.4, -0.2) is 63.9 Å². The van der Waals surface area contributed by atoms with Gasteiger partial charge in [0.25, 0.3) is 5.65 Å². The van der Waals surface area contributed by atoms with Gasteiger partial charge in [-0.2, -0.15) is 0 Å². The van der Waals surface area contributed by atoms with Crippen molar-refractivity contribution in [3.05, 3.63) is 12.7 Å². The minimum atomic E-state index is -0.483. The number of morpholine rings is 1. The van der Waals surface area contributed by atoms with Gasteiger partial charge in [-0.15, -0.1) is 0 Å². The smallest absolute Gasteiger partial charge is 0.293 e. The summed E-state index contributed by atoms with van der Waals surface area (Å²) in [5.41, 5.74) is 7.18. The van der Waals surface area contributed by atoms with Crippen molar-refractivity contribution in [3.63, 3.8) is 0 Å². The van der Waals surface area contributed by atoms with E-state index in [4.69, 9.17) is 10.5 Å². The molecule has 20 heavy (non-hydrogen) atoms. The molecule has 1 fully saturated rings. The number of aromatic nitrogens is 4. The number of aliphatic hydroxyl groups is 1. The first kappa shape index (κ1) is 13.2. The highest BCUT2D eigenvalue weighted by Crippen LogP contribution is 2.09. The maximum atomic E-state index is 10.2. The van der Waals surface area contributed by atoms with Gasteiger partial charge < -0.3 is 20.6 Å². The summed E-state index contributed by atoms with van der Waals surface area (Å²) < 4.78 is 7.11. The standard InChI is InChI=1S/C12H18N6O2/c13-11-10-12(15-7-14-10)18(8-16-11)6-9(19)5-17-1-3-20-4-2-17/h7-9,19H,1-6H2,(H2,13,14,15)/p+1/t9-/m0/s1. The number of hydrogen-bond acceptors (Lipinski definition) is 6. The van der Waals surface area contributed by atoms with Gasteiger partial charge in [-0.3, -0.25) is 4.90 Å². The molecular weight excluding hydrogens is 260 g/mol. The van der Waals surface area contributed by atoms with Crippen LogP contribution < -0.4 is 10.3 Å². The quantitative estimate of drug-likeness (QED) is 0.590. The fourth-order valence-corrected chi connectivity index (χ4v) is 2.44. The minimum Gasteiger partial charge on any atom is -0.388 e. The summed E-state index contributed by atoms with van der Waals surface area (Å²) in [4.78, 5) is 13.5. The first-order valence-electron chi connectivity index (χ1n) is 6.69. The van der Waals surface area contributed by atoms with Crippen LogP contribution in [0.5, 0.6) is 0 Å². The summed E-state index contributed by atoms with van der Waals surface area (Å²) in [5.74, 6) is 0.413. The topological polar surface area (TPSA) is 104 Å². The van der Waals surface area contributed by atoms with Gasteiger partial charge in [0.05, 0.1) is 25.9 Å². The Morgan fingerprint density at radius 3 is 3.05 bits per heavy atom. The molecule has 4 N–H and O–H groups in total. The highest BCUT2D eigenvalue weighted by molar-refractivity contribution is 5.78. The van der Waals surface area contributed by atoms with Crippen LogP contribution >= 0.6 is 0 Å². The van der Waals surface area contributed by atoms with Gasteiger partial charge in [0.2, 0.25) is 12.1 Å². The van der Waals surface area contributed by atoms with Crippen molar-refractivity contribution in [2.24, 2.45) is 0 Å². The van der Waals surface area contributed by atoms with Crippen molar-refractivity contribution in [1.82, 2.24) is 19.9 Å². The number of nitrogen functional groups attached to an aromatic ring is 1. The molecule has 0 aromatic carbocycles. The van der Waals surface area contributed by atoms with E-state index in [0.717, 1.165) is 26.3 Å². The van der Waals surface area contributed by atoms with Crippen molar-refractivity contribution in [2.75, 3.05) is 38.6 Å². The maximum Gasteiger partial charge on any atom is 0.293 e. The number of hydrogen-bond donors (Lipinski definition) is 3. The van der Waals surface area contributed by atoms with E-state index in [0.29, 0.717) is 30.1 Å². The Bertz CT molecular complexity index is 580. The van der Waals surface area contributed by atoms with Crippen molar-refractivity contribution >= 4 is 17.0 Å². The fourth-order valence-electron chi connectivity index (χ4n) is 2.44. The van der Waals surface area contributed by atoms with Gasteiger partial charge in [-0.1, -0.05) is 9.97 Å². The maximum absolute atomic E-state index is 10.2. The van der Waals surface area contributed by atoms with Crippen LogP contribution in [0, 0.1) is 0 Å². The van der Waals surface area contributed by atoms with Crippen molar-refractivity contribution in [1.29, 1.82) is 0 Å². The zero-order valence-electron chi connectivity index (χ0n) is 11.2. The van der Waals surface area contributed by atoms with Gasteiger partial charge in [0.1, 0.15) is 0 Å². The summed E-state index contributed by atoms with van der Waals surface area (Å²) in [5, 5.41) is 10.2. The highest BCUT2D eigenvalue weighted by Gasteiger charge is 2.20. The largest absolute Gasteiger partial charge is 0.388 e. The molecule has 8 heteroatoms. The molecule has 0 spiro atoms. The normalized spacial score (nSPS) is 18.4. The van der Waals surface area contributed by atoms with Gasteiger partial charge >= 0.3 is 0 Å². The highest BCUT2D eigenvalue weighted by atomic mass is 16.5. The molecule has 1 aliphatic rings. The Morgan fingerprint density at radius 2 is 2.25 bits per heavy atom. The SMILES string of the molecule is Nc1nc[n+](C[C@@H](O)CN2CCOCC2)c2nc[nH]c12. The number of rotatable bonds is 4. The average molecular weight is 279 g/mol. The van der Waals surface area contributed by atoms with E-state index in [9.17, 15) is 5.11 Å². The second-order valence-corrected chi connectivity index (χ2v) is 4.95. The van der Waals surface area contributed by atoms with E-state index >= 15 is 0 Å². The zero-order chi connectivity index (χ0) is 13.9. The van der Waals surface area contributed by atoms with Crippen molar-refractivity contribution < 1.29 is 14.4 Å². The number of fused-ring (bicyclic) bond motifs is 1. The Kier molecular flexibility index (Phi) is 3.77. The monoisotopic (exact) mass is 279 g/mol. The van der Waals surface area contributed by atoms with Crippen LogP contribution in [0.2, 0.25) is 0 Å². The molecule has 0 radical (unpaired) electrons. The lowest BCUT2D eigenvalue weighted by molar-refractivity contribution is -0.683. The summed E-state index contributed by atoms with van der Waals surface area (Å²) >= 11 is 0. The third-order valence-electron chi connectivity index (χ3n) is 3.46. The van der Waals surface area contributed by atoms with Crippen molar-refractivity contribution in [2.45, 2.75) is 12.6 Å². The Labute approximate surface area is 116 Å². The van der Waals surface area contributed by atoms with Gasteiger partial charge in [0, 0.05) is 19.6 Å². The summed E-state index contributed by atoms with van der Waals surface area (Å²) in [6, 6.07) is 0. The summed E-state index contributed by atoms with van der Waals surface area (Å²) in [6.07, 6.45) is 2.71. The van der Waals surface area contributed by atoms with E-state index in [1.165, 1.54) is 0 Å². The number of nitrogens with one attached hydrogen (secondary N) is 1. The minimum absolute atomic E-state index is 0.413. The first-order valence-corrected chi connectivity index (χ1v) is 6.69. The van der Waals surface area contributed by atoms with E-state index in [1.807, 2.05) is 4.57 Å². The number of imidazole rings is 1. The Balaban J connectivity index is 1.69. The summed E-state index contributed by atoms with van der Waals surface area (Å²) in [6.45, 7) is 4.23. The molecule has 2 aromatic rings. The zero-order valence-corrected chi connectivity index (χ0v) is 11.2. The predicted molar refractivity (Wildman–Crippen MR) is 71.8 cm³/mol. The Morgan fingerprint density at radius 1 is 1.45 bits per heavy atom. The molecular formula is C12H19N6O2+. The molecule has 0 unspecified atom stereocenters. The van der Waals surface area contributed by atoms with Gasteiger partial charge in [-0.05, 0) is 0 Å². The lowest BCUT2D eigenvalue weighted by Crippen LogP contribution is -2.47. The first-order chi connectivity index (χ1) is 9.74. The number of aliphatic hydroxyl groups excluding tert-OH is 1. The van der Waals surface area contributed by atoms with Gasteiger partial charge in [-0.25, -0.2) is 4.57 Å². The number of nitrogens with zero attached hydrogens (tertiary/aromatic N) is 4. The lowest BCUT2D eigenvalue weighted by Gasteiger charge is -2.28. The summed E-state index contributed by atoms with van der Waals surface area (Å²) in [7, 11) is 0. The molecule has 1 atom stereocenters. The second kappa shape index (κ2) is 5.70. The predicted octanol–water partition coefficient (Wildman–Crippen LogP) is -1.48. The van der Waals surface area contributed by atoms with Crippen LogP contribution in [0.3, 0.4) is 0 Å². The molecule has 2 aromatic heterocycles. The number of β-amino-alcohol motifs (C(OH)–C–C–N with tert-alkyl or cyclic N) is 1. The number of H-pyrrole nitrogens is 1. The van der Waals surface area contributed by atoms with Crippen LogP contribution in [0.15, 0.2) is 12.7 Å². The number of aromatic amines is 1. The number of ether oxygens (including phenoxy) is 1. The van der Waals surface area contributed by atoms with Crippen LogP contribution in [-0.2, 0) is 11.3 Å². The molecule has 8 nitrogen and oxygen atoms in total. The van der Waals surface area contributed by atoms with E-state index in [-0.39, 0.29) is 0 Å². The Hall–Kier alpha value is -1.77. The fraction of sp³-hybridized carbons (Fsp3) is 0.583. The average Bonchev–Trinajstić information content (AvgIpc) is 2.93. The van der Waals surface area contributed by atoms with Gasteiger partial charge in [0.15, 0.2) is 11.8 Å². The molecule has 1 saturated heterocycles. The van der Waals surface area contributed by atoms with Crippen LogP contribution in [0.4, 0.5) is 5.82 Å². The second-order valence-electron chi connectivity index (χ2n) is 4.95. The molecule has 3 rings (SSSR count). The molecule has 0 aliphatic carbocycles. The third-order valence-corrected chi connectivity index (χ3v) is 3.46. The van der Waals surface area contributed by atoms with E-state index < -0.39 is 6.10 Å². The molecule has 1 aliphatic heterocycles. The molecule has 108 valence electrons. The van der Waals surface area contributed by atoms with Crippen molar-refractivity contribution in [3.8, 4) is 0 Å². The van der Waals surface area contributed by atoms with Crippen LogP contribution in [0.1, 0.15) is 0 Å². The van der Waals surface area contributed by atoms with Crippen LogP contribution in [0.25, 0.3) is 11.2 Å². The molecule has 3 heterocycles. The number of nitrogens with two attached hydrogens (primary N) is 1. The van der Waals surface area contributed by atoms with E-state index in [1.54, 1.807) is 12.7 Å². The molecule has 0 amide bonds. The molecule has 0 saturated carbocycles. The third kappa shape index (κ3) is 2.72. The van der Waals surface area contributed by atoms with E-state index in [2.05, 4.69) is 19.9 Å². The number of anilines is 1. The molecule has 0 bridgehead atoms. The lowest BCUT2D eigenvalue weighted by atomic mass is 10.3.